The van der Waals surface area contributed by atoms with Crippen molar-refractivity contribution >= 4 is 0 Å². The van der Waals surface area contributed by atoms with Gasteiger partial charge >= 0.3 is 0 Å². The molecule has 0 radical (unpaired) electrons. The fourth-order valence-corrected chi connectivity index (χ4v) is 2.02. The van der Waals surface area contributed by atoms with Crippen LogP contribution in [0.2, 0.25) is 0 Å². The summed E-state index contributed by atoms with van der Waals surface area (Å²) in [6, 6.07) is 2.51. The van der Waals surface area contributed by atoms with Gasteiger partial charge in [0, 0.05) is 24.5 Å². The third-order valence-electron chi connectivity index (χ3n) is 3.21. The van der Waals surface area contributed by atoms with Crippen LogP contribution >= 0.6 is 0 Å². The Balaban J connectivity index is 2.56. The molecule has 80 valence electrons. The lowest BCUT2D eigenvalue weighted by atomic mass is 9.80. The van der Waals surface area contributed by atoms with Crippen LogP contribution in [0.3, 0.4) is 0 Å². The van der Waals surface area contributed by atoms with Crippen LogP contribution in [0, 0.1) is 16.7 Å². The molecule has 0 aromatic heterocycles. The second-order valence-corrected chi connectivity index (χ2v) is 4.97. The monoisotopic (exact) mass is 196 g/mol. The predicted octanol–water partition coefficient (Wildman–Crippen LogP) is 1.38. The van der Waals surface area contributed by atoms with Gasteiger partial charge in [0.1, 0.15) is 0 Å². The summed E-state index contributed by atoms with van der Waals surface area (Å²) in [7, 11) is 0. The molecular weight excluding hydrogens is 176 g/mol. The van der Waals surface area contributed by atoms with Crippen LogP contribution in [0.25, 0.3) is 0 Å². The van der Waals surface area contributed by atoms with Crippen LogP contribution in [0.4, 0.5) is 0 Å². The van der Waals surface area contributed by atoms with Gasteiger partial charge in [-0.25, -0.2) is 0 Å². The summed E-state index contributed by atoms with van der Waals surface area (Å²) in [6.07, 6.45) is 1.20. The molecule has 1 aliphatic heterocycles. The molecule has 3 heteroatoms. The van der Waals surface area contributed by atoms with E-state index in [0.29, 0.717) is 12.5 Å². The van der Waals surface area contributed by atoms with Crippen LogP contribution < -0.4 is 0 Å². The second-order valence-electron chi connectivity index (χ2n) is 4.97. The fourth-order valence-electron chi connectivity index (χ4n) is 2.02. The van der Waals surface area contributed by atoms with E-state index in [2.05, 4.69) is 31.7 Å². The van der Waals surface area contributed by atoms with Crippen LogP contribution in [0.1, 0.15) is 33.6 Å². The first-order chi connectivity index (χ1) is 6.47. The Morgan fingerprint density at radius 1 is 1.64 bits per heavy atom. The van der Waals surface area contributed by atoms with Gasteiger partial charge in [0.15, 0.2) is 0 Å². The minimum absolute atomic E-state index is 0.0397. The minimum Gasteiger partial charge on any atom is -0.392 e. The highest BCUT2D eigenvalue weighted by atomic mass is 16.3. The molecule has 1 rings (SSSR count). The van der Waals surface area contributed by atoms with Gasteiger partial charge in [-0.15, -0.1) is 0 Å². The minimum atomic E-state index is -0.201. The van der Waals surface area contributed by atoms with E-state index in [-0.39, 0.29) is 11.5 Å². The maximum absolute atomic E-state index is 9.77. The summed E-state index contributed by atoms with van der Waals surface area (Å²) < 4.78 is 0. The molecule has 1 saturated heterocycles. The van der Waals surface area contributed by atoms with Gasteiger partial charge in [-0.1, -0.05) is 13.8 Å². The first kappa shape index (κ1) is 11.5. The number of nitriles is 1. The van der Waals surface area contributed by atoms with Gasteiger partial charge in [-0.2, -0.15) is 5.26 Å². The lowest BCUT2D eigenvalue weighted by molar-refractivity contribution is -0.0352. The largest absolute Gasteiger partial charge is 0.392 e. The molecule has 0 spiro atoms. The Morgan fingerprint density at radius 3 is 2.79 bits per heavy atom. The standard InChI is InChI=1S/C11H20N2O/c1-9(4-6-12)13-7-5-10(14)11(2,3)8-13/h9-10,14H,4-5,7-8H2,1-3H3. The number of likely N-dealkylation sites (tertiary alicyclic amines) is 1. The number of hydrogen-bond acceptors (Lipinski definition) is 3. The number of hydrogen-bond donors (Lipinski definition) is 1. The summed E-state index contributed by atoms with van der Waals surface area (Å²) in [5.74, 6) is 0. The quantitative estimate of drug-likeness (QED) is 0.726. The molecule has 2 unspecified atom stereocenters. The summed E-state index contributed by atoms with van der Waals surface area (Å²) in [4.78, 5) is 2.30. The van der Waals surface area contributed by atoms with Gasteiger partial charge in [0.2, 0.25) is 0 Å². The molecule has 14 heavy (non-hydrogen) atoms. The van der Waals surface area contributed by atoms with E-state index in [4.69, 9.17) is 5.26 Å². The smallest absolute Gasteiger partial charge is 0.0638 e. The lowest BCUT2D eigenvalue weighted by Crippen LogP contribution is -2.51. The van der Waals surface area contributed by atoms with Crippen LogP contribution in [-0.4, -0.2) is 35.2 Å². The highest BCUT2D eigenvalue weighted by Gasteiger charge is 2.35. The molecule has 1 fully saturated rings. The van der Waals surface area contributed by atoms with Crippen molar-refractivity contribution in [1.82, 2.24) is 4.90 Å². The molecule has 0 amide bonds. The van der Waals surface area contributed by atoms with Gasteiger partial charge < -0.3 is 5.11 Å². The second kappa shape index (κ2) is 4.29. The first-order valence-electron chi connectivity index (χ1n) is 5.26. The van der Waals surface area contributed by atoms with Gasteiger partial charge in [0.05, 0.1) is 18.6 Å². The van der Waals surface area contributed by atoms with Gasteiger partial charge in [0.25, 0.3) is 0 Å². The third kappa shape index (κ3) is 2.46. The first-order valence-corrected chi connectivity index (χ1v) is 5.26. The molecule has 3 nitrogen and oxygen atoms in total. The van der Waals surface area contributed by atoms with Crippen molar-refractivity contribution in [2.24, 2.45) is 5.41 Å². The van der Waals surface area contributed by atoms with Crippen molar-refractivity contribution in [3.63, 3.8) is 0 Å². The van der Waals surface area contributed by atoms with Crippen molar-refractivity contribution in [3.8, 4) is 6.07 Å². The van der Waals surface area contributed by atoms with Crippen LogP contribution in [0.5, 0.6) is 0 Å². The number of piperidine rings is 1. The maximum atomic E-state index is 9.77. The molecule has 2 atom stereocenters. The zero-order valence-corrected chi connectivity index (χ0v) is 9.32. The third-order valence-corrected chi connectivity index (χ3v) is 3.21. The van der Waals surface area contributed by atoms with E-state index < -0.39 is 0 Å². The normalized spacial score (nSPS) is 29.5. The number of aliphatic hydroxyl groups is 1. The predicted molar refractivity (Wildman–Crippen MR) is 55.7 cm³/mol. The Morgan fingerprint density at radius 2 is 2.29 bits per heavy atom. The summed E-state index contributed by atoms with van der Waals surface area (Å²) in [5.41, 5.74) is -0.0397. The molecule has 0 aliphatic carbocycles. The molecular formula is C11H20N2O. The topological polar surface area (TPSA) is 47.3 Å². The molecule has 0 bridgehead atoms. The van der Waals surface area contributed by atoms with Crippen molar-refractivity contribution in [1.29, 1.82) is 5.26 Å². The van der Waals surface area contributed by atoms with E-state index >= 15 is 0 Å². The Labute approximate surface area is 86.3 Å². The summed E-state index contributed by atoms with van der Waals surface area (Å²) in [6.45, 7) is 8.05. The van der Waals surface area contributed by atoms with E-state index in [1.165, 1.54) is 0 Å². The van der Waals surface area contributed by atoms with E-state index in [1.54, 1.807) is 0 Å². The Hall–Kier alpha value is -0.590. The van der Waals surface area contributed by atoms with Crippen molar-refractivity contribution in [2.45, 2.75) is 45.8 Å². The molecule has 1 aliphatic rings. The average molecular weight is 196 g/mol. The number of aliphatic hydroxyl groups excluding tert-OH is 1. The highest BCUT2D eigenvalue weighted by molar-refractivity contribution is 4.90. The Bertz CT molecular complexity index is 232. The van der Waals surface area contributed by atoms with Crippen molar-refractivity contribution in [3.05, 3.63) is 0 Å². The fraction of sp³-hybridized carbons (Fsp3) is 0.909. The summed E-state index contributed by atoms with van der Waals surface area (Å²) >= 11 is 0. The number of nitrogens with zero attached hydrogens (tertiary/aromatic N) is 2. The molecule has 1 heterocycles. The maximum Gasteiger partial charge on any atom is 0.0638 e. The van der Waals surface area contributed by atoms with Crippen molar-refractivity contribution < 1.29 is 5.11 Å². The lowest BCUT2D eigenvalue weighted by Gasteiger charge is -2.43. The van der Waals surface area contributed by atoms with Gasteiger partial charge in [-0.3, -0.25) is 4.90 Å². The molecule has 1 N–H and O–H groups in total. The average Bonchev–Trinajstić information content (AvgIpc) is 2.10. The van der Waals surface area contributed by atoms with Crippen LogP contribution in [0.15, 0.2) is 0 Å². The Kier molecular flexibility index (Phi) is 3.52. The molecule has 0 saturated carbocycles. The van der Waals surface area contributed by atoms with E-state index in [9.17, 15) is 5.11 Å². The molecule has 0 aromatic carbocycles. The van der Waals surface area contributed by atoms with Crippen LogP contribution in [-0.2, 0) is 0 Å². The van der Waals surface area contributed by atoms with E-state index in [0.717, 1.165) is 19.5 Å². The zero-order valence-electron chi connectivity index (χ0n) is 9.32. The van der Waals surface area contributed by atoms with Gasteiger partial charge in [-0.05, 0) is 13.3 Å². The molecule has 0 aromatic rings. The SMILES string of the molecule is CC(CC#N)N1CCC(O)C(C)(C)C1. The highest BCUT2D eigenvalue weighted by Crippen LogP contribution is 2.30. The summed E-state index contributed by atoms with van der Waals surface area (Å²) in [5, 5.41) is 18.4. The zero-order chi connectivity index (χ0) is 10.8. The van der Waals surface area contributed by atoms with Crippen molar-refractivity contribution in [2.75, 3.05) is 13.1 Å². The van der Waals surface area contributed by atoms with E-state index in [1.807, 2.05) is 0 Å². The number of rotatable bonds is 2.